The Hall–Kier alpha value is -3.78. The van der Waals surface area contributed by atoms with E-state index in [4.69, 9.17) is 9.97 Å². The van der Waals surface area contributed by atoms with Gasteiger partial charge in [-0.15, -0.1) is 6.58 Å². The zero-order valence-corrected chi connectivity index (χ0v) is 21.6. The molecule has 0 aliphatic carbocycles. The molecule has 0 saturated heterocycles. The lowest BCUT2D eigenvalue weighted by Gasteiger charge is -2.33. The number of aromatic nitrogens is 5. The molecule has 0 saturated carbocycles. The van der Waals surface area contributed by atoms with Crippen molar-refractivity contribution in [1.29, 1.82) is 0 Å². The van der Waals surface area contributed by atoms with Crippen molar-refractivity contribution in [3.63, 3.8) is 0 Å². The summed E-state index contributed by atoms with van der Waals surface area (Å²) in [6.07, 6.45) is 3.28. The summed E-state index contributed by atoms with van der Waals surface area (Å²) in [5.41, 5.74) is 4.70. The summed E-state index contributed by atoms with van der Waals surface area (Å²) < 4.78 is 3.36. The monoisotopic (exact) mass is 483 g/mol. The highest BCUT2D eigenvalue weighted by atomic mass is 16.1. The van der Waals surface area contributed by atoms with E-state index >= 15 is 0 Å². The minimum absolute atomic E-state index is 0.0836. The number of allylic oxidation sites excluding steroid dienone is 1. The van der Waals surface area contributed by atoms with Gasteiger partial charge in [0.1, 0.15) is 5.39 Å². The van der Waals surface area contributed by atoms with Crippen molar-refractivity contribution in [3.05, 3.63) is 82.4 Å². The van der Waals surface area contributed by atoms with E-state index in [1.54, 1.807) is 21.6 Å². The molecule has 0 unspecified atom stereocenters. The molecule has 0 fully saturated rings. The third kappa shape index (κ3) is 4.22. The molecular formula is C28H33N7O. The van der Waals surface area contributed by atoms with Gasteiger partial charge in [0, 0.05) is 41.5 Å². The van der Waals surface area contributed by atoms with Crippen LogP contribution in [0.25, 0.3) is 16.9 Å². The van der Waals surface area contributed by atoms with E-state index < -0.39 is 0 Å². The van der Waals surface area contributed by atoms with Gasteiger partial charge in [0.25, 0.3) is 5.56 Å². The number of rotatable bonds is 5. The van der Waals surface area contributed by atoms with E-state index in [0.717, 1.165) is 24.5 Å². The highest BCUT2D eigenvalue weighted by molar-refractivity contribution is 5.77. The van der Waals surface area contributed by atoms with Crippen LogP contribution in [0.1, 0.15) is 51.4 Å². The Labute approximate surface area is 211 Å². The number of benzene rings is 1. The summed E-state index contributed by atoms with van der Waals surface area (Å²) >= 11 is 0. The molecule has 4 heterocycles. The number of nitrogens with zero attached hydrogens (tertiary/aromatic N) is 5. The van der Waals surface area contributed by atoms with Gasteiger partial charge in [0.15, 0.2) is 11.5 Å². The second-order valence-corrected chi connectivity index (χ2v) is 11.0. The second-order valence-electron chi connectivity index (χ2n) is 11.0. The van der Waals surface area contributed by atoms with Crippen LogP contribution in [0.2, 0.25) is 0 Å². The first-order valence-electron chi connectivity index (χ1n) is 12.3. The molecule has 2 N–H and O–H groups in total. The topological polar surface area (TPSA) is 89.7 Å². The summed E-state index contributed by atoms with van der Waals surface area (Å²) in [6.45, 7) is 16.8. The number of fused-ring (bicyclic) bond motifs is 2. The molecule has 36 heavy (non-hydrogen) atoms. The van der Waals surface area contributed by atoms with Crippen molar-refractivity contribution in [2.45, 2.75) is 58.5 Å². The van der Waals surface area contributed by atoms with Crippen LogP contribution < -0.4 is 16.2 Å². The highest BCUT2D eigenvalue weighted by Crippen LogP contribution is 2.32. The van der Waals surface area contributed by atoms with Gasteiger partial charge >= 0.3 is 0 Å². The number of anilines is 2. The zero-order valence-electron chi connectivity index (χ0n) is 21.6. The van der Waals surface area contributed by atoms with E-state index in [-0.39, 0.29) is 16.4 Å². The molecule has 3 aromatic heterocycles. The maximum absolute atomic E-state index is 13.2. The van der Waals surface area contributed by atoms with Crippen molar-refractivity contribution >= 4 is 22.7 Å². The average Bonchev–Trinajstić information content (AvgIpc) is 3.09. The van der Waals surface area contributed by atoms with Crippen LogP contribution >= 0.6 is 0 Å². The standard InChI is InChI=1S/C28H33N7O/c1-7-13-34-25(36)20-16-30-26(31-19-11-12-21-18(14-19)15-29-17-28(21,5)6)33-24(20)35(34)23-10-8-9-22(32-23)27(2,3)4/h7-12,14,16,29H,1,13,15,17H2,2-6H3,(H,30,31,33). The Bertz CT molecular complexity index is 1520. The summed E-state index contributed by atoms with van der Waals surface area (Å²) in [6, 6.07) is 12.2. The third-order valence-corrected chi connectivity index (χ3v) is 6.67. The minimum atomic E-state index is -0.179. The normalized spacial score (nSPS) is 15.0. The molecular weight excluding hydrogens is 450 g/mol. The number of hydrogen-bond acceptors (Lipinski definition) is 6. The molecule has 0 bridgehead atoms. The molecule has 0 spiro atoms. The van der Waals surface area contributed by atoms with Gasteiger partial charge in [-0.1, -0.05) is 52.8 Å². The van der Waals surface area contributed by atoms with Crippen molar-refractivity contribution < 1.29 is 0 Å². The Morgan fingerprint density at radius 1 is 1.19 bits per heavy atom. The van der Waals surface area contributed by atoms with Crippen molar-refractivity contribution in [2.75, 3.05) is 11.9 Å². The molecule has 1 aliphatic heterocycles. The van der Waals surface area contributed by atoms with E-state index in [1.165, 1.54) is 11.1 Å². The minimum Gasteiger partial charge on any atom is -0.324 e. The largest absolute Gasteiger partial charge is 0.324 e. The van der Waals surface area contributed by atoms with E-state index in [1.807, 2.05) is 18.2 Å². The van der Waals surface area contributed by atoms with Gasteiger partial charge in [-0.2, -0.15) is 4.98 Å². The quantitative estimate of drug-likeness (QED) is 0.404. The first-order valence-corrected chi connectivity index (χ1v) is 12.3. The lowest BCUT2D eigenvalue weighted by Crippen LogP contribution is -2.38. The van der Waals surface area contributed by atoms with Gasteiger partial charge in [0.2, 0.25) is 5.95 Å². The van der Waals surface area contributed by atoms with E-state index in [2.05, 4.69) is 75.0 Å². The van der Waals surface area contributed by atoms with Crippen LogP contribution in [0.3, 0.4) is 0 Å². The fourth-order valence-corrected chi connectivity index (χ4v) is 4.78. The van der Waals surface area contributed by atoms with Crippen LogP contribution in [-0.2, 0) is 23.9 Å². The van der Waals surface area contributed by atoms with Crippen molar-refractivity contribution in [3.8, 4) is 5.82 Å². The summed E-state index contributed by atoms with van der Waals surface area (Å²) in [5.74, 6) is 1.05. The van der Waals surface area contributed by atoms with Crippen LogP contribution in [0, 0.1) is 0 Å². The first-order chi connectivity index (χ1) is 17.1. The second kappa shape index (κ2) is 8.71. The van der Waals surface area contributed by atoms with Crippen LogP contribution in [0.4, 0.5) is 11.6 Å². The molecule has 8 nitrogen and oxygen atoms in total. The molecule has 0 amide bonds. The number of pyridine rings is 1. The predicted octanol–water partition coefficient (Wildman–Crippen LogP) is 4.59. The summed E-state index contributed by atoms with van der Waals surface area (Å²) in [4.78, 5) is 27.4. The smallest absolute Gasteiger partial charge is 0.278 e. The first kappa shape index (κ1) is 23.9. The van der Waals surface area contributed by atoms with Gasteiger partial charge < -0.3 is 10.6 Å². The SMILES string of the molecule is C=CCn1c(=O)c2cnc(Nc3ccc4c(c3)CNCC4(C)C)nc2n1-c1cccc(C(C)(C)C)n1. The molecule has 1 aromatic carbocycles. The predicted molar refractivity (Wildman–Crippen MR) is 144 cm³/mol. The van der Waals surface area contributed by atoms with Gasteiger partial charge in [-0.3, -0.25) is 4.79 Å². The summed E-state index contributed by atoms with van der Waals surface area (Å²) in [5, 5.41) is 7.26. The van der Waals surface area contributed by atoms with Crippen molar-refractivity contribution in [1.82, 2.24) is 29.6 Å². The van der Waals surface area contributed by atoms with Gasteiger partial charge in [-0.25, -0.2) is 19.3 Å². The van der Waals surface area contributed by atoms with Crippen LogP contribution in [-0.4, -0.2) is 30.9 Å². The molecule has 5 rings (SSSR count). The molecule has 1 aliphatic rings. The lowest BCUT2D eigenvalue weighted by molar-refractivity contribution is 0.435. The Morgan fingerprint density at radius 2 is 2.00 bits per heavy atom. The van der Waals surface area contributed by atoms with Gasteiger partial charge in [-0.05, 0) is 35.4 Å². The fraction of sp³-hybridized carbons (Fsp3) is 0.357. The van der Waals surface area contributed by atoms with E-state index in [0.29, 0.717) is 29.3 Å². The Morgan fingerprint density at radius 3 is 2.75 bits per heavy atom. The maximum Gasteiger partial charge on any atom is 0.278 e. The third-order valence-electron chi connectivity index (χ3n) is 6.67. The van der Waals surface area contributed by atoms with E-state index in [9.17, 15) is 4.79 Å². The zero-order chi connectivity index (χ0) is 25.7. The molecule has 186 valence electrons. The highest BCUT2D eigenvalue weighted by Gasteiger charge is 2.27. The van der Waals surface area contributed by atoms with Gasteiger partial charge in [0.05, 0.1) is 6.54 Å². The van der Waals surface area contributed by atoms with Crippen molar-refractivity contribution in [2.24, 2.45) is 0 Å². The fourth-order valence-electron chi connectivity index (χ4n) is 4.78. The lowest BCUT2D eigenvalue weighted by atomic mass is 9.79. The maximum atomic E-state index is 13.2. The Kier molecular flexibility index (Phi) is 5.79. The number of hydrogen-bond donors (Lipinski definition) is 2. The summed E-state index contributed by atoms with van der Waals surface area (Å²) in [7, 11) is 0. The molecule has 8 heteroatoms. The molecule has 0 atom stereocenters. The average molecular weight is 484 g/mol. The molecule has 4 aromatic rings. The van der Waals surface area contributed by atoms with Crippen LogP contribution in [0.5, 0.6) is 0 Å². The molecule has 0 radical (unpaired) electrons. The van der Waals surface area contributed by atoms with Crippen LogP contribution in [0.15, 0.2) is 60.0 Å². The Balaban J connectivity index is 1.60. The number of nitrogens with one attached hydrogen (secondary N) is 2.